The van der Waals surface area contributed by atoms with Crippen LogP contribution in [0.2, 0.25) is 0 Å². The first-order valence-electron chi connectivity index (χ1n) is 31.7. The Morgan fingerprint density at radius 2 is 0.740 bits per heavy atom. The van der Waals surface area contributed by atoms with E-state index in [1.165, 1.54) is 161 Å². The molecule has 0 aromatic rings. The fourth-order valence-corrected chi connectivity index (χ4v) is 8.77. The number of nitrogens with zero attached hydrogens (tertiary/aromatic N) is 1. The minimum atomic E-state index is -1.63. The fourth-order valence-electron chi connectivity index (χ4n) is 8.77. The molecule has 0 radical (unpaired) electrons. The van der Waals surface area contributed by atoms with E-state index in [4.69, 9.17) is 18.9 Å². The van der Waals surface area contributed by atoms with Crippen molar-refractivity contribution in [3.63, 3.8) is 0 Å². The fraction of sp³-hybridized carbons (Fsp3) is 0.750. The molecule has 0 amide bonds. The van der Waals surface area contributed by atoms with Gasteiger partial charge in [-0.2, -0.15) is 0 Å². The number of hydrogen-bond donors (Lipinski definition) is 0. The predicted octanol–water partition coefficient (Wildman–Crippen LogP) is 17.8. The molecule has 2 unspecified atom stereocenters. The van der Waals surface area contributed by atoms with E-state index < -0.39 is 24.3 Å². The summed E-state index contributed by atoms with van der Waals surface area (Å²) in [5.41, 5.74) is 0. The Kier molecular flexibility index (Phi) is 55.9. The Morgan fingerprint density at radius 1 is 0.403 bits per heavy atom. The van der Waals surface area contributed by atoms with Gasteiger partial charge in [-0.3, -0.25) is 9.59 Å². The maximum atomic E-state index is 12.9. The van der Waals surface area contributed by atoms with Crippen molar-refractivity contribution in [3.05, 3.63) is 85.1 Å². The van der Waals surface area contributed by atoms with Gasteiger partial charge in [-0.1, -0.05) is 253 Å². The number of allylic oxidation sites excluding steroid dienone is 14. The van der Waals surface area contributed by atoms with Crippen LogP contribution in [-0.4, -0.2) is 82.3 Å². The molecule has 0 heterocycles. The number of carbonyl (C=O) groups is 3. The van der Waals surface area contributed by atoms with Gasteiger partial charge in [0.2, 0.25) is 0 Å². The number of likely N-dealkylation sites (N-methyl/N-ethyl adjacent to an activating group) is 1. The number of ether oxygens (including phenoxy) is 4. The number of quaternary nitrogens is 1. The standard InChI is InChI=1S/C68H119NO8/c1-6-8-10-12-14-16-18-20-22-24-26-28-29-30-31-32-33-34-35-36-37-39-41-43-45-47-49-51-53-55-57-59-66(71)77-64(63-76-68(67(72)73)74-61-60-69(3,4)5)62-75-65(70)58-56-54-52-50-48-46-44-42-40-38-27-25-23-21-19-17-15-13-11-9-7-2/h8,10,14,16,19-22,25-28,30-31,64,68H,6-7,9,11-13,15,17-18,23-24,29,32-63H2,1-5H3/b10-8-,16-14-,21-19-,22-20-,27-25-,28-26-,31-30-. The van der Waals surface area contributed by atoms with E-state index in [0.717, 1.165) is 77.0 Å². The van der Waals surface area contributed by atoms with Crippen molar-refractivity contribution in [1.29, 1.82) is 0 Å². The topological polar surface area (TPSA) is 111 Å². The van der Waals surface area contributed by atoms with E-state index in [1.807, 2.05) is 21.1 Å². The summed E-state index contributed by atoms with van der Waals surface area (Å²) in [6.07, 6.45) is 74.9. The zero-order valence-corrected chi connectivity index (χ0v) is 50.6. The van der Waals surface area contributed by atoms with Crippen molar-refractivity contribution in [2.24, 2.45) is 0 Å². The number of carboxylic acid groups (broad SMARTS) is 1. The van der Waals surface area contributed by atoms with E-state index in [0.29, 0.717) is 17.4 Å². The molecule has 0 saturated heterocycles. The Morgan fingerprint density at radius 3 is 1.10 bits per heavy atom. The lowest BCUT2D eigenvalue weighted by Crippen LogP contribution is -2.44. The van der Waals surface area contributed by atoms with E-state index in [-0.39, 0.29) is 38.6 Å². The zero-order chi connectivity index (χ0) is 56.2. The Hall–Kier alpha value is -3.53. The van der Waals surface area contributed by atoms with Crippen molar-refractivity contribution in [1.82, 2.24) is 0 Å². The quantitative estimate of drug-likeness (QED) is 0.0195. The number of unbranched alkanes of at least 4 members (excludes halogenated alkanes) is 29. The van der Waals surface area contributed by atoms with Gasteiger partial charge in [-0.05, 0) is 89.9 Å². The van der Waals surface area contributed by atoms with Gasteiger partial charge >= 0.3 is 11.9 Å². The first-order chi connectivity index (χ1) is 37.6. The molecule has 9 heteroatoms. The third kappa shape index (κ3) is 60.0. The van der Waals surface area contributed by atoms with Crippen LogP contribution in [0, 0.1) is 0 Å². The van der Waals surface area contributed by atoms with Crippen LogP contribution < -0.4 is 5.11 Å². The largest absolute Gasteiger partial charge is 0.545 e. The van der Waals surface area contributed by atoms with Crippen LogP contribution in [0.4, 0.5) is 0 Å². The molecule has 2 atom stereocenters. The summed E-state index contributed by atoms with van der Waals surface area (Å²) in [4.78, 5) is 37.4. The second-order valence-corrected chi connectivity index (χ2v) is 22.3. The minimum absolute atomic E-state index is 0.145. The molecule has 0 aliphatic rings. The number of aliphatic carboxylic acids is 1. The van der Waals surface area contributed by atoms with Crippen LogP contribution in [0.3, 0.4) is 0 Å². The predicted molar refractivity (Wildman–Crippen MR) is 324 cm³/mol. The lowest BCUT2D eigenvalue weighted by Gasteiger charge is -2.26. The van der Waals surface area contributed by atoms with Crippen LogP contribution >= 0.6 is 0 Å². The summed E-state index contributed by atoms with van der Waals surface area (Å²) in [5, 5.41) is 11.8. The Labute approximate surface area is 474 Å². The number of carbonyl (C=O) groups excluding carboxylic acids is 3. The second-order valence-electron chi connectivity index (χ2n) is 22.3. The lowest BCUT2D eigenvalue weighted by atomic mass is 10.0. The molecule has 0 aliphatic heterocycles. The lowest BCUT2D eigenvalue weighted by molar-refractivity contribution is -0.870. The van der Waals surface area contributed by atoms with Gasteiger partial charge in [0, 0.05) is 12.8 Å². The average Bonchev–Trinajstić information content (AvgIpc) is 3.40. The molecule has 0 N–H and O–H groups in total. The van der Waals surface area contributed by atoms with Crippen molar-refractivity contribution in [2.45, 2.75) is 283 Å². The maximum Gasteiger partial charge on any atom is 0.306 e. The normalized spacial score (nSPS) is 13.3. The third-order valence-electron chi connectivity index (χ3n) is 13.6. The Bertz CT molecular complexity index is 1540. The molecular weight excluding hydrogens is 959 g/mol. The van der Waals surface area contributed by atoms with Crippen molar-refractivity contribution in [3.8, 4) is 0 Å². The van der Waals surface area contributed by atoms with Gasteiger partial charge in [0.05, 0.1) is 40.3 Å². The van der Waals surface area contributed by atoms with Crippen molar-refractivity contribution >= 4 is 17.9 Å². The van der Waals surface area contributed by atoms with E-state index in [1.54, 1.807) is 0 Å². The van der Waals surface area contributed by atoms with Crippen molar-refractivity contribution in [2.75, 3.05) is 47.5 Å². The number of hydrogen-bond acceptors (Lipinski definition) is 8. The van der Waals surface area contributed by atoms with Crippen LogP contribution in [-0.2, 0) is 33.3 Å². The molecular formula is C68H119NO8. The summed E-state index contributed by atoms with van der Waals surface area (Å²) in [5.74, 6) is -2.28. The van der Waals surface area contributed by atoms with Crippen LogP contribution in [0.15, 0.2) is 85.1 Å². The van der Waals surface area contributed by atoms with E-state index >= 15 is 0 Å². The highest BCUT2D eigenvalue weighted by molar-refractivity contribution is 5.70. The first-order valence-corrected chi connectivity index (χ1v) is 31.7. The SMILES string of the molecule is CC/C=C\C/C=C\C/C=C\C/C=C\C/C=C\CCCCCCCCCCCCCCCCCC(=O)OC(COC(=O)CCCCCCCCCCC/C=C\C/C=C\CCCCCCC)COC(OCC[N+](C)(C)C)C(=O)[O-]. The van der Waals surface area contributed by atoms with E-state index in [9.17, 15) is 19.5 Å². The molecule has 0 fully saturated rings. The summed E-state index contributed by atoms with van der Waals surface area (Å²) < 4.78 is 22.8. The molecule has 0 aliphatic carbocycles. The molecule has 0 aromatic heterocycles. The average molecular weight is 1080 g/mol. The summed E-state index contributed by atoms with van der Waals surface area (Å²) >= 11 is 0. The highest BCUT2D eigenvalue weighted by Crippen LogP contribution is 2.16. The zero-order valence-electron chi connectivity index (χ0n) is 50.6. The van der Waals surface area contributed by atoms with Gasteiger partial charge in [-0.25, -0.2) is 0 Å². The third-order valence-corrected chi connectivity index (χ3v) is 13.6. The first kappa shape index (κ1) is 73.5. The maximum absolute atomic E-state index is 12.9. The summed E-state index contributed by atoms with van der Waals surface area (Å²) in [7, 11) is 5.92. The van der Waals surface area contributed by atoms with Crippen LogP contribution in [0.25, 0.3) is 0 Å². The van der Waals surface area contributed by atoms with E-state index in [2.05, 4.69) is 98.9 Å². The molecule has 9 nitrogen and oxygen atoms in total. The second kappa shape index (κ2) is 58.6. The van der Waals surface area contributed by atoms with Gasteiger partial charge in [0.15, 0.2) is 12.4 Å². The van der Waals surface area contributed by atoms with Gasteiger partial charge < -0.3 is 33.3 Å². The molecule has 0 spiro atoms. The molecule has 444 valence electrons. The highest BCUT2D eigenvalue weighted by Gasteiger charge is 2.22. The molecule has 0 bridgehead atoms. The van der Waals surface area contributed by atoms with Gasteiger partial charge in [0.1, 0.15) is 13.2 Å². The van der Waals surface area contributed by atoms with Crippen LogP contribution in [0.5, 0.6) is 0 Å². The molecule has 0 aromatic carbocycles. The minimum Gasteiger partial charge on any atom is -0.545 e. The van der Waals surface area contributed by atoms with Gasteiger partial charge in [-0.15, -0.1) is 0 Å². The molecule has 0 rings (SSSR count). The summed E-state index contributed by atoms with van der Waals surface area (Å²) in [6.45, 7) is 4.64. The Balaban J connectivity index is 4.17. The smallest absolute Gasteiger partial charge is 0.306 e. The molecule has 0 saturated carbocycles. The summed E-state index contributed by atoms with van der Waals surface area (Å²) in [6, 6.07) is 0. The van der Waals surface area contributed by atoms with Crippen molar-refractivity contribution < 1.29 is 42.9 Å². The number of carboxylic acids is 1. The monoisotopic (exact) mass is 1080 g/mol. The number of esters is 2. The van der Waals surface area contributed by atoms with Gasteiger partial charge in [0.25, 0.3) is 0 Å². The highest BCUT2D eigenvalue weighted by atomic mass is 16.7. The molecule has 77 heavy (non-hydrogen) atoms. The number of rotatable bonds is 58. The van der Waals surface area contributed by atoms with Crippen LogP contribution in [0.1, 0.15) is 271 Å².